The van der Waals surface area contributed by atoms with Crippen LogP contribution in [-0.4, -0.2) is 34.9 Å². The molecule has 0 heterocycles. The third-order valence-corrected chi connectivity index (χ3v) is 0.885. The number of hydroxylamine groups is 1. The number of carboxylic acid groups (broad SMARTS) is 1. The van der Waals surface area contributed by atoms with E-state index in [1.165, 1.54) is 6.92 Å². The normalized spacial score (nSPS) is 12.2. The predicted molar refractivity (Wildman–Crippen MR) is 33.0 cm³/mol. The zero-order valence-electron chi connectivity index (χ0n) is 5.90. The molecule has 64 valence electrons. The maximum atomic E-state index is 10.6. The summed E-state index contributed by atoms with van der Waals surface area (Å²) in [6.45, 7) is 0.648. The lowest BCUT2D eigenvalue weighted by molar-refractivity contribution is -0.158. The number of hydrogen-bond acceptors (Lipinski definition) is 5. The number of hydrogen-bond donors (Lipinski definition) is 3. The molecular weight excluding hydrogens is 154 g/mol. The fourth-order valence-electron chi connectivity index (χ4n) is 0.311. The molecule has 0 aromatic heterocycles. The molecule has 0 aliphatic rings. The molecule has 0 bridgehead atoms. The molecule has 1 unspecified atom stereocenters. The number of esters is 1. The van der Waals surface area contributed by atoms with Crippen molar-refractivity contribution in [1.82, 2.24) is 5.48 Å². The molecule has 0 fully saturated rings. The first-order valence-electron chi connectivity index (χ1n) is 2.86. The zero-order valence-corrected chi connectivity index (χ0v) is 5.90. The first kappa shape index (κ1) is 9.86. The number of carbonyl (C=O) groups is 2. The second-order valence-electron chi connectivity index (χ2n) is 1.85. The summed E-state index contributed by atoms with van der Waals surface area (Å²) in [4.78, 5) is 20.4. The minimum absolute atomic E-state index is 0.690. The molecule has 3 N–H and O–H groups in total. The van der Waals surface area contributed by atoms with Gasteiger partial charge in [0.15, 0.2) is 6.61 Å². The minimum Gasteiger partial charge on any atom is -0.479 e. The van der Waals surface area contributed by atoms with Gasteiger partial charge in [-0.25, -0.2) is 4.79 Å². The monoisotopic (exact) mass is 163 g/mol. The summed E-state index contributed by atoms with van der Waals surface area (Å²) >= 11 is 0. The first-order chi connectivity index (χ1) is 5.07. The molecule has 0 amide bonds. The van der Waals surface area contributed by atoms with Crippen LogP contribution in [0.5, 0.6) is 0 Å². The highest BCUT2D eigenvalue weighted by Crippen LogP contribution is 1.85. The van der Waals surface area contributed by atoms with Crippen LogP contribution in [0.25, 0.3) is 0 Å². The Hall–Kier alpha value is -1.14. The molecule has 0 aliphatic carbocycles. The topological polar surface area (TPSA) is 95.9 Å². The number of nitrogens with one attached hydrogen (secondary N) is 1. The molecule has 0 aromatic rings. The number of carbonyl (C=O) groups excluding carboxylic acids is 1. The highest BCUT2D eigenvalue weighted by atomic mass is 16.6. The quantitative estimate of drug-likeness (QED) is 0.362. The Labute approximate surface area is 62.7 Å². The van der Waals surface area contributed by atoms with Crippen molar-refractivity contribution >= 4 is 11.9 Å². The second-order valence-corrected chi connectivity index (χ2v) is 1.85. The van der Waals surface area contributed by atoms with Crippen molar-refractivity contribution in [1.29, 1.82) is 0 Å². The first-order valence-corrected chi connectivity index (χ1v) is 2.86. The van der Waals surface area contributed by atoms with Gasteiger partial charge >= 0.3 is 11.9 Å². The lowest BCUT2D eigenvalue weighted by atomic mass is 10.4. The van der Waals surface area contributed by atoms with Gasteiger partial charge in [-0.2, -0.15) is 5.48 Å². The SMILES string of the molecule is CC(NO)C(=O)OCC(=O)O. The van der Waals surface area contributed by atoms with Crippen LogP contribution in [0.15, 0.2) is 0 Å². The highest BCUT2D eigenvalue weighted by molar-refractivity contribution is 5.78. The molecule has 0 aliphatic heterocycles. The molecule has 0 saturated carbocycles. The van der Waals surface area contributed by atoms with Crippen molar-refractivity contribution in [3.63, 3.8) is 0 Å². The summed E-state index contributed by atoms with van der Waals surface area (Å²) in [5, 5.41) is 16.2. The van der Waals surface area contributed by atoms with Gasteiger partial charge < -0.3 is 15.1 Å². The van der Waals surface area contributed by atoms with Crippen LogP contribution >= 0.6 is 0 Å². The Bertz CT molecular complexity index is 157. The van der Waals surface area contributed by atoms with Crippen molar-refractivity contribution in [3.05, 3.63) is 0 Å². The van der Waals surface area contributed by atoms with Crippen LogP contribution in [0, 0.1) is 0 Å². The van der Waals surface area contributed by atoms with Gasteiger partial charge in [0, 0.05) is 0 Å². The van der Waals surface area contributed by atoms with Crippen molar-refractivity contribution in [2.75, 3.05) is 6.61 Å². The van der Waals surface area contributed by atoms with Gasteiger partial charge in [0.1, 0.15) is 6.04 Å². The second kappa shape index (κ2) is 4.64. The summed E-state index contributed by atoms with van der Waals surface area (Å²) in [6.07, 6.45) is 0. The predicted octanol–water partition coefficient (Wildman–Crippen LogP) is -1.02. The molecule has 11 heavy (non-hydrogen) atoms. The molecule has 0 radical (unpaired) electrons. The molecule has 6 heteroatoms. The standard InChI is InChI=1S/C5H9NO5/c1-3(6-10)5(9)11-2-4(7)8/h3,6,10H,2H2,1H3,(H,7,8). The molecule has 6 nitrogen and oxygen atoms in total. The summed E-state index contributed by atoms with van der Waals surface area (Å²) in [5.41, 5.74) is 1.62. The number of carboxylic acids is 1. The largest absolute Gasteiger partial charge is 0.479 e. The molecule has 0 rings (SSSR count). The third-order valence-electron chi connectivity index (χ3n) is 0.885. The van der Waals surface area contributed by atoms with Gasteiger partial charge in [-0.15, -0.1) is 0 Å². The van der Waals surface area contributed by atoms with Gasteiger partial charge in [-0.1, -0.05) is 0 Å². The molecule has 1 atom stereocenters. The van der Waals surface area contributed by atoms with Crippen LogP contribution in [0.2, 0.25) is 0 Å². The lowest BCUT2D eigenvalue weighted by Gasteiger charge is -2.06. The fraction of sp³-hybridized carbons (Fsp3) is 0.600. The van der Waals surface area contributed by atoms with Crippen LogP contribution in [0.4, 0.5) is 0 Å². The summed E-state index contributed by atoms with van der Waals surface area (Å²) in [5.74, 6) is -2.04. The van der Waals surface area contributed by atoms with E-state index in [-0.39, 0.29) is 0 Å². The average molecular weight is 163 g/mol. The Morgan fingerprint density at radius 3 is 2.55 bits per heavy atom. The number of ether oxygens (including phenoxy) is 1. The fourth-order valence-corrected chi connectivity index (χ4v) is 0.311. The Balaban J connectivity index is 3.60. The number of aliphatic carboxylic acids is 1. The van der Waals surface area contributed by atoms with E-state index in [1.54, 1.807) is 5.48 Å². The lowest BCUT2D eigenvalue weighted by Crippen LogP contribution is -2.33. The Kier molecular flexibility index (Phi) is 4.16. The van der Waals surface area contributed by atoms with Crippen molar-refractivity contribution in [3.8, 4) is 0 Å². The maximum Gasteiger partial charge on any atom is 0.341 e. The summed E-state index contributed by atoms with van der Waals surface area (Å²) in [7, 11) is 0. The summed E-state index contributed by atoms with van der Waals surface area (Å²) < 4.78 is 4.20. The van der Waals surface area contributed by atoms with E-state index in [9.17, 15) is 9.59 Å². The van der Waals surface area contributed by atoms with E-state index in [0.717, 1.165) is 0 Å². The Morgan fingerprint density at radius 1 is 1.64 bits per heavy atom. The molecule has 0 saturated heterocycles. The van der Waals surface area contributed by atoms with Gasteiger partial charge in [0.25, 0.3) is 0 Å². The third kappa shape index (κ3) is 4.29. The van der Waals surface area contributed by atoms with Crippen LogP contribution in [-0.2, 0) is 14.3 Å². The molecule has 0 spiro atoms. The van der Waals surface area contributed by atoms with Gasteiger partial charge in [-0.05, 0) is 6.92 Å². The van der Waals surface area contributed by atoms with Crippen LogP contribution in [0.1, 0.15) is 6.92 Å². The zero-order chi connectivity index (χ0) is 8.85. The van der Waals surface area contributed by atoms with E-state index in [0.29, 0.717) is 0 Å². The van der Waals surface area contributed by atoms with Gasteiger partial charge in [-0.3, -0.25) is 4.79 Å². The van der Waals surface area contributed by atoms with E-state index >= 15 is 0 Å². The number of rotatable bonds is 4. The van der Waals surface area contributed by atoms with E-state index < -0.39 is 24.6 Å². The summed E-state index contributed by atoms with van der Waals surface area (Å²) in [6, 6.07) is -0.908. The van der Waals surface area contributed by atoms with Crippen molar-refractivity contribution in [2.24, 2.45) is 0 Å². The molecular formula is C5H9NO5. The van der Waals surface area contributed by atoms with Crippen molar-refractivity contribution < 1.29 is 24.6 Å². The van der Waals surface area contributed by atoms with Gasteiger partial charge in [0.2, 0.25) is 0 Å². The minimum atomic E-state index is -1.23. The smallest absolute Gasteiger partial charge is 0.341 e. The highest BCUT2D eigenvalue weighted by Gasteiger charge is 2.13. The van der Waals surface area contributed by atoms with Crippen LogP contribution < -0.4 is 5.48 Å². The van der Waals surface area contributed by atoms with Crippen molar-refractivity contribution in [2.45, 2.75) is 13.0 Å². The average Bonchev–Trinajstić information content (AvgIpc) is 1.98. The Morgan fingerprint density at radius 2 is 2.18 bits per heavy atom. The van der Waals surface area contributed by atoms with E-state index in [4.69, 9.17) is 10.3 Å². The van der Waals surface area contributed by atoms with Crippen LogP contribution in [0.3, 0.4) is 0 Å². The van der Waals surface area contributed by atoms with E-state index in [2.05, 4.69) is 4.74 Å². The maximum absolute atomic E-state index is 10.6. The molecule has 0 aromatic carbocycles. The van der Waals surface area contributed by atoms with Gasteiger partial charge in [0.05, 0.1) is 0 Å². The van der Waals surface area contributed by atoms with E-state index in [1.807, 2.05) is 0 Å².